The number of aryl methyl sites for hydroxylation is 1. The molecule has 0 spiro atoms. The van der Waals surface area contributed by atoms with Crippen LogP contribution in [-0.2, 0) is 17.9 Å². The van der Waals surface area contributed by atoms with Gasteiger partial charge in [0.05, 0.1) is 17.8 Å². The summed E-state index contributed by atoms with van der Waals surface area (Å²) in [5.74, 6) is -0.272. The predicted molar refractivity (Wildman–Crippen MR) is 106 cm³/mol. The molecular weight excluding hydrogens is 387 g/mol. The highest BCUT2D eigenvalue weighted by atomic mass is 35.5. The summed E-state index contributed by atoms with van der Waals surface area (Å²) in [6.07, 6.45) is 0. The molecular formula is C19H20Cl2N4O2. The molecule has 1 aromatic heterocycles. The molecule has 3 N–H and O–H groups in total. The first-order chi connectivity index (χ1) is 12.8. The number of halogens is 2. The number of hydrogen-bond acceptors (Lipinski definition) is 4. The van der Waals surface area contributed by atoms with E-state index in [2.05, 4.69) is 10.3 Å². The van der Waals surface area contributed by atoms with Crippen molar-refractivity contribution in [1.82, 2.24) is 15.2 Å². The zero-order valence-corrected chi connectivity index (χ0v) is 16.6. The molecule has 1 aromatic carbocycles. The Morgan fingerprint density at radius 3 is 2.70 bits per heavy atom. The lowest BCUT2D eigenvalue weighted by atomic mass is 9.93. The molecule has 142 valence electrons. The van der Waals surface area contributed by atoms with Crippen molar-refractivity contribution in [2.24, 2.45) is 5.73 Å². The smallest absolute Gasteiger partial charge is 0.256 e. The van der Waals surface area contributed by atoms with Crippen LogP contribution in [0.4, 0.5) is 0 Å². The minimum Gasteiger partial charge on any atom is -0.355 e. The number of pyridine rings is 1. The van der Waals surface area contributed by atoms with E-state index < -0.39 is 0 Å². The van der Waals surface area contributed by atoms with E-state index in [1.165, 1.54) is 6.92 Å². The Labute approximate surface area is 167 Å². The second kappa shape index (κ2) is 7.84. The first-order valence-corrected chi connectivity index (χ1v) is 9.30. The Kier molecular flexibility index (Phi) is 5.69. The fourth-order valence-corrected chi connectivity index (χ4v) is 3.85. The van der Waals surface area contributed by atoms with Crippen LogP contribution in [0.25, 0.3) is 11.1 Å². The van der Waals surface area contributed by atoms with Crippen molar-refractivity contribution in [3.63, 3.8) is 0 Å². The van der Waals surface area contributed by atoms with Crippen LogP contribution in [0.5, 0.6) is 0 Å². The van der Waals surface area contributed by atoms with Gasteiger partial charge >= 0.3 is 0 Å². The standard InChI is InChI=1S/C19H20Cl2N4O2/c1-10-14(8-22)17(13-4-3-12(20)7-15(13)21)18-16(24-10)9-25(19(18)27)6-5-23-11(2)26/h3-4,7H,5-6,8-9,22H2,1-2H3,(H,23,26). The molecule has 2 heterocycles. The minimum atomic E-state index is -0.140. The van der Waals surface area contributed by atoms with Crippen molar-refractivity contribution in [2.75, 3.05) is 13.1 Å². The van der Waals surface area contributed by atoms with Crippen molar-refractivity contribution in [3.8, 4) is 11.1 Å². The van der Waals surface area contributed by atoms with Crippen LogP contribution >= 0.6 is 23.2 Å². The predicted octanol–water partition coefficient (Wildman–Crippen LogP) is 2.91. The summed E-state index contributed by atoms with van der Waals surface area (Å²) < 4.78 is 0. The fourth-order valence-electron chi connectivity index (χ4n) is 3.34. The van der Waals surface area contributed by atoms with Crippen molar-refractivity contribution in [1.29, 1.82) is 0 Å². The molecule has 0 fully saturated rings. The highest BCUT2D eigenvalue weighted by Gasteiger charge is 2.34. The highest BCUT2D eigenvalue weighted by molar-refractivity contribution is 6.36. The molecule has 6 nitrogen and oxygen atoms in total. The Hall–Kier alpha value is -2.15. The zero-order valence-electron chi connectivity index (χ0n) is 15.1. The number of nitrogens with zero attached hydrogens (tertiary/aromatic N) is 2. The summed E-state index contributed by atoms with van der Waals surface area (Å²) in [4.78, 5) is 30.4. The van der Waals surface area contributed by atoms with E-state index >= 15 is 0 Å². The average molecular weight is 407 g/mol. The van der Waals surface area contributed by atoms with Crippen LogP contribution in [0.1, 0.15) is 34.2 Å². The van der Waals surface area contributed by atoms with Crippen molar-refractivity contribution < 1.29 is 9.59 Å². The van der Waals surface area contributed by atoms with E-state index in [-0.39, 0.29) is 18.4 Å². The normalized spacial score (nSPS) is 13.1. The van der Waals surface area contributed by atoms with Gasteiger partial charge < -0.3 is 16.0 Å². The van der Waals surface area contributed by atoms with E-state index in [0.29, 0.717) is 52.1 Å². The maximum atomic E-state index is 13.1. The number of amides is 2. The van der Waals surface area contributed by atoms with Gasteiger partial charge in [-0.3, -0.25) is 14.6 Å². The van der Waals surface area contributed by atoms with Gasteiger partial charge in [0.2, 0.25) is 5.91 Å². The van der Waals surface area contributed by atoms with E-state index in [0.717, 1.165) is 11.3 Å². The Bertz CT molecular complexity index is 930. The van der Waals surface area contributed by atoms with E-state index in [1.54, 1.807) is 23.1 Å². The molecule has 0 unspecified atom stereocenters. The maximum absolute atomic E-state index is 13.1. The van der Waals surface area contributed by atoms with Crippen LogP contribution in [0, 0.1) is 6.92 Å². The third-order valence-electron chi connectivity index (χ3n) is 4.58. The first-order valence-electron chi connectivity index (χ1n) is 8.55. The first kappa shape index (κ1) is 19.6. The monoisotopic (exact) mass is 406 g/mol. The van der Waals surface area contributed by atoms with Crippen molar-refractivity contribution in [3.05, 3.63) is 50.8 Å². The molecule has 2 amide bonds. The van der Waals surface area contributed by atoms with Gasteiger partial charge in [-0.1, -0.05) is 29.3 Å². The van der Waals surface area contributed by atoms with Gasteiger partial charge in [-0.25, -0.2) is 0 Å². The summed E-state index contributed by atoms with van der Waals surface area (Å²) >= 11 is 12.5. The van der Waals surface area contributed by atoms with Crippen LogP contribution in [0.2, 0.25) is 10.0 Å². The molecule has 27 heavy (non-hydrogen) atoms. The van der Waals surface area contributed by atoms with E-state index in [1.807, 2.05) is 6.92 Å². The van der Waals surface area contributed by atoms with Gasteiger partial charge in [0.25, 0.3) is 5.91 Å². The number of hydrogen-bond donors (Lipinski definition) is 2. The number of rotatable bonds is 5. The van der Waals surface area contributed by atoms with Gasteiger partial charge in [0.1, 0.15) is 0 Å². The Balaban J connectivity index is 2.08. The number of carbonyl (C=O) groups is 2. The van der Waals surface area contributed by atoms with Crippen LogP contribution in [0.15, 0.2) is 18.2 Å². The highest BCUT2D eigenvalue weighted by Crippen LogP contribution is 2.39. The van der Waals surface area contributed by atoms with Crippen LogP contribution in [0.3, 0.4) is 0 Å². The second-order valence-electron chi connectivity index (χ2n) is 6.41. The van der Waals surface area contributed by atoms with Gasteiger partial charge in [-0.05, 0) is 24.6 Å². The van der Waals surface area contributed by atoms with Gasteiger partial charge in [0.15, 0.2) is 0 Å². The molecule has 1 aliphatic rings. The molecule has 1 aliphatic heterocycles. The molecule has 8 heteroatoms. The SMILES string of the molecule is CC(=O)NCCN1Cc2nc(C)c(CN)c(-c3ccc(Cl)cc3Cl)c2C1=O. The number of fused-ring (bicyclic) bond motifs is 1. The molecule has 0 radical (unpaired) electrons. The largest absolute Gasteiger partial charge is 0.355 e. The van der Waals surface area contributed by atoms with Crippen molar-refractivity contribution in [2.45, 2.75) is 26.9 Å². The third kappa shape index (κ3) is 3.78. The molecule has 3 rings (SSSR count). The summed E-state index contributed by atoms with van der Waals surface area (Å²) in [5.41, 5.74) is 10.2. The fraction of sp³-hybridized carbons (Fsp3) is 0.316. The van der Waals surface area contributed by atoms with Gasteiger partial charge in [-0.15, -0.1) is 0 Å². The molecule has 0 saturated carbocycles. The quantitative estimate of drug-likeness (QED) is 0.798. The number of nitrogens with one attached hydrogen (secondary N) is 1. The topological polar surface area (TPSA) is 88.3 Å². The average Bonchev–Trinajstić information content (AvgIpc) is 2.89. The summed E-state index contributed by atoms with van der Waals surface area (Å²) in [6.45, 7) is 4.73. The Morgan fingerprint density at radius 1 is 1.33 bits per heavy atom. The lowest BCUT2D eigenvalue weighted by Crippen LogP contribution is -2.34. The lowest BCUT2D eigenvalue weighted by molar-refractivity contribution is -0.119. The van der Waals surface area contributed by atoms with Crippen molar-refractivity contribution >= 4 is 35.0 Å². The van der Waals surface area contributed by atoms with E-state index in [4.69, 9.17) is 28.9 Å². The zero-order chi connectivity index (χ0) is 19.7. The summed E-state index contributed by atoms with van der Waals surface area (Å²) in [5, 5.41) is 3.68. The number of carbonyl (C=O) groups excluding carboxylic acids is 2. The summed E-state index contributed by atoms with van der Waals surface area (Å²) in [6, 6.07) is 5.18. The molecule has 0 atom stereocenters. The third-order valence-corrected chi connectivity index (χ3v) is 5.13. The lowest BCUT2D eigenvalue weighted by Gasteiger charge is -2.17. The maximum Gasteiger partial charge on any atom is 0.256 e. The molecule has 0 aliphatic carbocycles. The van der Waals surface area contributed by atoms with Gasteiger partial charge in [0, 0.05) is 53.4 Å². The minimum absolute atomic E-state index is 0.132. The molecule has 2 aromatic rings. The number of aromatic nitrogens is 1. The number of benzene rings is 1. The van der Waals surface area contributed by atoms with Crippen LogP contribution in [-0.4, -0.2) is 34.8 Å². The number of nitrogens with two attached hydrogens (primary N) is 1. The molecule has 0 bridgehead atoms. The Morgan fingerprint density at radius 2 is 2.07 bits per heavy atom. The van der Waals surface area contributed by atoms with Gasteiger partial charge in [-0.2, -0.15) is 0 Å². The summed E-state index contributed by atoms with van der Waals surface area (Å²) in [7, 11) is 0. The van der Waals surface area contributed by atoms with E-state index in [9.17, 15) is 9.59 Å². The molecule has 0 saturated heterocycles. The van der Waals surface area contributed by atoms with Crippen LogP contribution < -0.4 is 11.1 Å². The second-order valence-corrected chi connectivity index (χ2v) is 7.25.